The summed E-state index contributed by atoms with van der Waals surface area (Å²) in [7, 11) is 3.11. The van der Waals surface area contributed by atoms with E-state index in [0.717, 1.165) is 23.9 Å². The molecular weight excluding hydrogens is 410 g/mol. The van der Waals surface area contributed by atoms with Crippen molar-refractivity contribution in [2.45, 2.75) is 26.4 Å². The van der Waals surface area contributed by atoms with E-state index in [1.807, 2.05) is 30.3 Å². The lowest BCUT2D eigenvalue weighted by atomic mass is 10.0. The lowest BCUT2D eigenvalue weighted by molar-refractivity contribution is 0.0525. The van der Waals surface area contributed by atoms with Gasteiger partial charge in [-0.15, -0.1) is 0 Å². The maximum Gasteiger partial charge on any atom is 0.344 e. The number of aryl methyl sites for hydroxylation is 1. The zero-order valence-corrected chi connectivity index (χ0v) is 18.7. The number of hydrogen-bond acceptors (Lipinski definition) is 7. The smallest absolute Gasteiger partial charge is 0.344 e. The summed E-state index contributed by atoms with van der Waals surface area (Å²) < 4.78 is 16.0. The second kappa shape index (κ2) is 9.00. The number of pyridine rings is 2. The molecule has 168 valence electrons. The molecule has 1 saturated heterocycles. The van der Waals surface area contributed by atoms with Crippen molar-refractivity contribution in [3.05, 3.63) is 51.8 Å². The highest BCUT2D eigenvalue weighted by Crippen LogP contribution is 2.35. The Bertz CT molecular complexity index is 1220. The third kappa shape index (κ3) is 3.82. The highest BCUT2D eigenvalue weighted by atomic mass is 16.5. The normalized spacial score (nSPS) is 15.9. The van der Waals surface area contributed by atoms with Gasteiger partial charge in [-0.2, -0.15) is 0 Å². The van der Waals surface area contributed by atoms with Crippen LogP contribution in [-0.2, 0) is 9.47 Å². The van der Waals surface area contributed by atoms with Gasteiger partial charge in [0.2, 0.25) is 5.43 Å². The van der Waals surface area contributed by atoms with Gasteiger partial charge in [0, 0.05) is 31.1 Å². The minimum Gasteiger partial charge on any atom is -0.491 e. The summed E-state index contributed by atoms with van der Waals surface area (Å²) in [6.07, 6.45) is 0.963. The number of methoxy groups -OCH3 is 2. The van der Waals surface area contributed by atoms with Crippen LogP contribution in [0.4, 0.5) is 5.82 Å². The summed E-state index contributed by atoms with van der Waals surface area (Å²) >= 11 is 0. The second-order valence-corrected chi connectivity index (χ2v) is 7.73. The lowest BCUT2D eigenvalue weighted by Gasteiger charge is -2.23. The van der Waals surface area contributed by atoms with Crippen LogP contribution in [0.5, 0.6) is 5.75 Å². The van der Waals surface area contributed by atoms with Crippen molar-refractivity contribution < 1.29 is 19.0 Å². The molecule has 1 atom stereocenters. The van der Waals surface area contributed by atoms with Crippen molar-refractivity contribution >= 4 is 22.7 Å². The van der Waals surface area contributed by atoms with Gasteiger partial charge in [-0.3, -0.25) is 4.79 Å². The van der Waals surface area contributed by atoms with Gasteiger partial charge in [0.1, 0.15) is 11.4 Å². The minimum atomic E-state index is -0.697. The SMILES string of the molecule is CCOC(=O)c1c(-c2cc3ccccc3nc2N2CCC(OC)C2)[nH]c(C)c(OC)c1=O. The molecule has 1 fully saturated rings. The van der Waals surface area contributed by atoms with Gasteiger partial charge in [0.25, 0.3) is 0 Å². The molecule has 0 amide bonds. The van der Waals surface area contributed by atoms with E-state index in [0.29, 0.717) is 29.3 Å². The Morgan fingerprint density at radius 1 is 1.28 bits per heavy atom. The molecule has 8 nitrogen and oxygen atoms in total. The van der Waals surface area contributed by atoms with Crippen LogP contribution >= 0.6 is 0 Å². The van der Waals surface area contributed by atoms with Gasteiger partial charge in [0.15, 0.2) is 5.75 Å². The average Bonchev–Trinajstić information content (AvgIpc) is 3.27. The average molecular weight is 437 g/mol. The van der Waals surface area contributed by atoms with Gasteiger partial charge < -0.3 is 24.1 Å². The number of anilines is 1. The Kier molecular flexibility index (Phi) is 6.14. The Labute approximate surface area is 186 Å². The number of ether oxygens (including phenoxy) is 3. The van der Waals surface area contributed by atoms with Gasteiger partial charge >= 0.3 is 5.97 Å². The molecule has 0 spiro atoms. The van der Waals surface area contributed by atoms with Crippen molar-refractivity contribution in [3.63, 3.8) is 0 Å². The predicted octanol–water partition coefficient (Wildman–Crippen LogP) is 3.31. The standard InChI is InChI=1S/C24H27N3O5/c1-5-32-24(29)19-20(25-14(2)22(31-4)21(19)28)17-12-15-8-6-7-9-18(15)26-23(17)27-11-10-16(13-27)30-3/h6-9,12,16H,5,10-11,13H2,1-4H3,(H,25,28). The third-order valence-corrected chi connectivity index (χ3v) is 5.77. The molecule has 4 rings (SSSR count). The zero-order chi connectivity index (χ0) is 22.8. The number of carbonyl (C=O) groups is 1. The predicted molar refractivity (Wildman–Crippen MR) is 123 cm³/mol. The van der Waals surface area contributed by atoms with Gasteiger partial charge in [0.05, 0.1) is 36.7 Å². The first kappa shape index (κ1) is 21.8. The van der Waals surface area contributed by atoms with Crippen LogP contribution < -0.4 is 15.1 Å². The fourth-order valence-corrected chi connectivity index (χ4v) is 4.19. The third-order valence-electron chi connectivity index (χ3n) is 5.77. The number of aromatic nitrogens is 2. The van der Waals surface area contributed by atoms with Crippen LogP contribution in [-0.4, -0.2) is 56.0 Å². The molecule has 1 aromatic carbocycles. The zero-order valence-electron chi connectivity index (χ0n) is 18.7. The van der Waals surface area contributed by atoms with E-state index in [1.54, 1.807) is 21.0 Å². The van der Waals surface area contributed by atoms with Gasteiger partial charge in [-0.05, 0) is 32.4 Å². The Morgan fingerprint density at radius 2 is 2.06 bits per heavy atom. The molecule has 1 aliphatic rings. The van der Waals surface area contributed by atoms with Gasteiger partial charge in [-0.1, -0.05) is 18.2 Å². The number of nitrogens with zero attached hydrogens (tertiary/aromatic N) is 2. The maximum atomic E-state index is 13.2. The molecule has 3 heterocycles. The van der Waals surface area contributed by atoms with Crippen molar-refractivity contribution in [1.82, 2.24) is 9.97 Å². The monoisotopic (exact) mass is 437 g/mol. The Morgan fingerprint density at radius 3 is 2.75 bits per heavy atom. The van der Waals surface area contributed by atoms with E-state index in [1.165, 1.54) is 7.11 Å². The number of aromatic amines is 1. The number of carbonyl (C=O) groups excluding carboxylic acids is 1. The molecule has 0 bridgehead atoms. The Hall–Kier alpha value is -3.39. The summed E-state index contributed by atoms with van der Waals surface area (Å²) in [5.74, 6) is 0.0825. The summed E-state index contributed by atoms with van der Waals surface area (Å²) in [5.41, 5.74) is 1.79. The first-order chi connectivity index (χ1) is 15.5. The fourth-order valence-electron chi connectivity index (χ4n) is 4.19. The summed E-state index contributed by atoms with van der Waals surface area (Å²) in [5, 5.41) is 0.901. The van der Waals surface area contributed by atoms with Crippen LogP contribution in [0.2, 0.25) is 0 Å². The number of fused-ring (bicyclic) bond motifs is 1. The summed E-state index contributed by atoms with van der Waals surface area (Å²) in [6, 6.07) is 9.72. The van der Waals surface area contributed by atoms with Crippen LogP contribution in [0.3, 0.4) is 0 Å². The summed E-state index contributed by atoms with van der Waals surface area (Å²) in [4.78, 5) is 36.4. The number of nitrogens with one attached hydrogen (secondary N) is 1. The molecule has 0 aliphatic carbocycles. The van der Waals surface area contributed by atoms with Crippen LogP contribution in [0.1, 0.15) is 29.4 Å². The quantitative estimate of drug-likeness (QED) is 0.591. The number of hydrogen-bond donors (Lipinski definition) is 1. The van der Waals surface area contributed by atoms with Crippen LogP contribution in [0, 0.1) is 6.92 Å². The first-order valence-corrected chi connectivity index (χ1v) is 10.6. The molecule has 1 unspecified atom stereocenters. The minimum absolute atomic E-state index is 0.0879. The molecule has 0 radical (unpaired) electrons. The molecule has 0 saturated carbocycles. The van der Waals surface area contributed by atoms with Crippen molar-refractivity contribution in [1.29, 1.82) is 0 Å². The van der Waals surface area contributed by atoms with Crippen molar-refractivity contribution in [2.24, 2.45) is 0 Å². The molecule has 2 aromatic heterocycles. The fraction of sp³-hybridized carbons (Fsp3) is 0.375. The van der Waals surface area contributed by atoms with E-state index >= 15 is 0 Å². The number of H-pyrrole nitrogens is 1. The second-order valence-electron chi connectivity index (χ2n) is 7.73. The molecule has 32 heavy (non-hydrogen) atoms. The highest BCUT2D eigenvalue weighted by molar-refractivity contribution is 6.00. The Balaban J connectivity index is 2.01. The summed E-state index contributed by atoms with van der Waals surface area (Å²) in [6.45, 7) is 5.02. The van der Waals surface area contributed by atoms with E-state index in [9.17, 15) is 9.59 Å². The topological polar surface area (TPSA) is 93.8 Å². The van der Waals surface area contributed by atoms with E-state index in [-0.39, 0.29) is 24.0 Å². The number of benzene rings is 1. The van der Waals surface area contributed by atoms with E-state index in [4.69, 9.17) is 19.2 Å². The van der Waals surface area contributed by atoms with Crippen LogP contribution in [0.25, 0.3) is 22.2 Å². The molecular formula is C24H27N3O5. The first-order valence-electron chi connectivity index (χ1n) is 10.6. The molecule has 1 aliphatic heterocycles. The van der Waals surface area contributed by atoms with E-state index in [2.05, 4.69) is 9.88 Å². The molecule has 1 N–H and O–H groups in total. The highest BCUT2D eigenvalue weighted by Gasteiger charge is 2.30. The van der Waals surface area contributed by atoms with Crippen molar-refractivity contribution in [3.8, 4) is 17.0 Å². The van der Waals surface area contributed by atoms with Crippen LogP contribution in [0.15, 0.2) is 35.1 Å². The largest absolute Gasteiger partial charge is 0.491 e. The number of para-hydroxylation sites is 1. The molecule has 8 heteroatoms. The van der Waals surface area contributed by atoms with Gasteiger partial charge in [-0.25, -0.2) is 9.78 Å². The molecule has 3 aromatic rings. The van der Waals surface area contributed by atoms with Crippen molar-refractivity contribution in [2.75, 3.05) is 38.8 Å². The number of esters is 1. The van der Waals surface area contributed by atoms with E-state index < -0.39 is 11.4 Å². The maximum absolute atomic E-state index is 13.2. The lowest BCUT2D eigenvalue weighted by Crippen LogP contribution is -2.26. The number of rotatable bonds is 6.